The topological polar surface area (TPSA) is 125 Å². The number of aromatic amines is 2. The summed E-state index contributed by atoms with van der Waals surface area (Å²) in [4.78, 5) is 43.2. The van der Waals surface area contributed by atoms with Gasteiger partial charge in [-0.3, -0.25) is 4.90 Å². The molecule has 1 atom stereocenters. The van der Waals surface area contributed by atoms with E-state index in [1.54, 1.807) is 4.90 Å². The van der Waals surface area contributed by atoms with Crippen LogP contribution in [0.4, 0.5) is 9.59 Å². The molecule has 2 amide bonds. The average molecular weight is 701 g/mol. The van der Waals surface area contributed by atoms with E-state index < -0.39 is 11.2 Å². The summed E-state index contributed by atoms with van der Waals surface area (Å²) in [6.45, 7) is 12.5. The van der Waals surface area contributed by atoms with Gasteiger partial charge in [0.25, 0.3) is 0 Å². The first-order valence-corrected chi connectivity index (χ1v) is 18.3. The molecular formula is C42H48N6O4. The molecular weight excluding hydrogens is 652 g/mol. The minimum Gasteiger partial charge on any atom is -0.444 e. The number of amides is 2. The van der Waals surface area contributed by atoms with Crippen LogP contribution in [0.5, 0.6) is 0 Å². The highest BCUT2D eigenvalue weighted by Gasteiger charge is 2.35. The average Bonchev–Trinajstić information content (AvgIpc) is 3.83. The van der Waals surface area contributed by atoms with Crippen molar-refractivity contribution in [1.82, 2.24) is 30.2 Å². The van der Waals surface area contributed by atoms with Crippen LogP contribution >= 0.6 is 0 Å². The first kappa shape index (κ1) is 35.0. The maximum absolute atomic E-state index is 12.9. The molecule has 0 aliphatic carbocycles. The summed E-state index contributed by atoms with van der Waals surface area (Å²) in [5.74, 6) is 1.75. The van der Waals surface area contributed by atoms with Crippen molar-refractivity contribution >= 4 is 45.0 Å². The van der Waals surface area contributed by atoms with Crippen LogP contribution in [0.25, 0.3) is 55.1 Å². The number of rotatable bonds is 8. The number of aryl methyl sites for hydroxylation is 1. The Kier molecular flexibility index (Phi) is 9.42. The molecule has 3 heterocycles. The number of unbranched alkanes of at least 4 members (excludes halogenated alkanes) is 1. The van der Waals surface area contributed by atoms with Crippen LogP contribution in [0.1, 0.15) is 84.9 Å². The lowest BCUT2D eigenvalue weighted by Crippen LogP contribution is -2.36. The van der Waals surface area contributed by atoms with Crippen molar-refractivity contribution in [3.05, 3.63) is 84.4 Å². The number of H-pyrrole nitrogens is 2. The number of hydrogen-bond acceptors (Lipinski definition) is 6. The molecule has 4 aromatic carbocycles. The number of carbonyl (C=O) groups excluding carboxylic acids is 2. The lowest BCUT2D eigenvalue weighted by Gasteiger charge is -2.27. The van der Waals surface area contributed by atoms with Gasteiger partial charge < -0.3 is 24.8 Å². The zero-order chi connectivity index (χ0) is 36.6. The second kappa shape index (κ2) is 14.0. The molecule has 0 bridgehead atoms. The maximum atomic E-state index is 12.9. The predicted molar refractivity (Wildman–Crippen MR) is 206 cm³/mol. The van der Waals surface area contributed by atoms with Gasteiger partial charge in [-0.1, -0.05) is 36.4 Å². The number of aromatic nitrogens is 4. The number of fused-ring (bicyclic) bond motifs is 3. The predicted octanol–water partition coefficient (Wildman–Crippen LogP) is 9.85. The smallest absolute Gasteiger partial charge is 0.410 e. The highest BCUT2D eigenvalue weighted by molar-refractivity contribution is 5.93. The minimum absolute atomic E-state index is 0.122. The molecule has 270 valence electrons. The highest BCUT2D eigenvalue weighted by Crippen LogP contribution is 2.35. The molecule has 3 N–H and O–H groups in total. The van der Waals surface area contributed by atoms with E-state index in [4.69, 9.17) is 19.4 Å². The van der Waals surface area contributed by atoms with E-state index in [1.165, 1.54) is 5.39 Å². The van der Waals surface area contributed by atoms with E-state index in [9.17, 15) is 9.59 Å². The molecule has 10 nitrogen and oxygen atoms in total. The number of ether oxygens (including phenoxy) is 2. The zero-order valence-corrected chi connectivity index (χ0v) is 30.9. The second-order valence-corrected chi connectivity index (χ2v) is 15.8. The van der Waals surface area contributed by atoms with Crippen LogP contribution in [0.3, 0.4) is 0 Å². The fraction of sp³-hybridized carbons (Fsp3) is 0.381. The molecule has 1 aliphatic rings. The Bertz CT molecular complexity index is 2260. The van der Waals surface area contributed by atoms with Crippen molar-refractivity contribution in [3.63, 3.8) is 0 Å². The Hall–Kier alpha value is -5.38. The van der Waals surface area contributed by atoms with Crippen molar-refractivity contribution in [2.24, 2.45) is 0 Å². The van der Waals surface area contributed by atoms with Gasteiger partial charge in [0.05, 0.1) is 28.1 Å². The summed E-state index contributed by atoms with van der Waals surface area (Å²) in [5, 5.41) is 5.15. The standard InChI is InChI=1S/C42H48N6O4/c1-41(2,3)51-39(49)43-20-8-7-11-37-44-32-18-16-30(24-34(32)45-37)28-14-12-27-23-29(15-13-26(27)22-28)31-17-19-33-35(25-31)47-38(46-33)36-10-9-21-48(36)40(50)52-42(4,5)6/h12-19,22-25,36H,7-11,20-21H2,1-6H3,(H,43,49)(H,44,45)(H,46,47)/t36-/m0/s1. The normalized spacial score (nSPS) is 15.1. The summed E-state index contributed by atoms with van der Waals surface area (Å²) in [6.07, 6.45) is 3.66. The summed E-state index contributed by atoms with van der Waals surface area (Å²) < 4.78 is 11.0. The van der Waals surface area contributed by atoms with Gasteiger partial charge in [-0.25, -0.2) is 19.6 Å². The van der Waals surface area contributed by atoms with Gasteiger partial charge in [-0.2, -0.15) is 0 Å². The molecule has 0 saturated carbocycles. The fourth-order valence-electron chi connectivity index (χ4n) is 6.84. The third kappa shape index (κ3) is 8.06. The molecule has 1 fully saturated rings. The summed E-state index contributed by atoms with van der Waals surface area (Å²) >= 11 is 0. The van der Waals surface area contributed by atoms with Crippen molar-refractivity contribution in [2.45, 2.75) is 90.9 Å². The van der Waals surface area contributed by atoms with E-state index in [0.29, 0.717) is 13.1 Å². The van der Waals surface area contributed by atoms with Crippen molar-refractivity contribution in [1.29, 1.82) is 0 Å². The zero-order valence-electron chi connectivity index (χ0n) is 30.9. The Balaban J connectivity index is 1.02. The number of benzene rings is 4. The summed E-state index contributed by atoms with van der Waals surface area (Å²) in [6, 6.07) is 25.7. The molecule has 0 radical (unpaired) electrons. The lowest BCUT2D eigenvalue weighted by atomic mass is 9.97. The monoisotopic (exact) mass is 700 g/mol. The lowest BCUT2D eigenvalue weighted by molar-refractivity contribution is 0.0218. The van der Waals surface area contributed by atoms with Crippen LogP contribution in [0.15, 0.2) is 72.8 Å². The highest BCUT2D eigenvalue weighted by atomic mass is 16.6. The Morgan fingerprint density at radius 3 is 1.96 bits per heavy atom. The Morgan fingerprint density at radius 2 is 1.33 bits per heavy atom. The third-order valence-electron chi connectivity index (χ3n) is 9.24. The largest absolute Gasteiger partial charge is 0.444 e. The van der Waals surface area contributed by atoms with Crippen LogP contribution < -0.4 is 5.32 Å². The number of imidazole rings is 2. The number of carbonyl (C=O) groups is 2. The number of nitrogens with one attached hydrogen (secondary N) is 3. The molecule has 1 aliphatic heterocycles. The second-order valence-electron chi connectivity index (χ2n) is 15.8. The molecule has 0 unspecified atom stereocenters. The minimum atomic E-state index is -0.541. The molecule has 2 aromatic heterocycles. The van der Waals surface area contributed by atoms with Gasteiger partial charge in [-0.15, -0.1) is 0 Å². The van der Waals surface area contributed by atoms with E-state index in [1.807, 2.05) is 47.6 Å². The molecule has 1 saturated heterocycles. The van der Waals surface area contributed by atoms with Gasteiger partial charge >= 0.3 is 12.2 Å². The first-order valence-electron chi connectivity index (χ1n) is 18.3. The van der Waals surface area contributed by atoms with Gasteiger partial charge in [0, 0.05) is 19.5 Å². The van der Waals surface area contributed by atoms with Gasteiger partial charge in [0.15, 0.2) is 0 Å². The van der Waals surface area contributed by atoms with Gasteiger partial charge in [-0.05, 0) is 137 Å². The SMILES string of the molecule is CC(C)(C)OC(=O)NCCCCc1nc2ccc(-c3ccc4cc(-c5ccc6nc([C@@H]7CCCN7C(=O)OC(C)(C)C)[nH]c6c5)ccc4c3)cc2[nH]1. The first-order chi connectivity index (χ1) is 24.8. The molecule has 6 aromatic rings. The molecule has 52 heavy (non-hydrogen) atoms. The van der Waals surface area contributed by atoms with E-state index in [0.717, 1.165) is 93.5 Å². The quantitative estimate of drug-likeness (QED) is 0.136. The summed E-state index contributed by atoms with van der Waals surface area (Å²) in [7, 11) is 0. The molecule has 7 rings (SSSR count). The fourth-order valence-corrected chi connectivity index (χ4v) is 6.84. The van der Waals surface area contributed by atoms with Crippen molar-refractivity contribution < 1.29 is 19.1 Å². The van der Waals surface area contributed by atoms with E-state index in [-0.39, 0.29) is 18.2 Å². The molecule has 0 spiro atoms. The number of hydrogen-bond donors (Lipinski definition) is 3. The van der Waals surface area contributed by atoms with Crippen LogP contribution in [0, 0.1) is 0 Å². The molecule has 10 heteroatoms. The number of nitrogens with zero attached hydrogens (tertiary/aromatic N) is 3. The summed E-state index contributed by atoms with van der Waals surface area (Å²) in [5.41, 5.74) is 7.25. The van der Waals surface area contributed by atoms with Crippen LogP contribution in [0.2, 0.25) is 0 Å². The van der Waals surface area contributed by atoms with Crippen molar-refractivity contribution in [2.75, 3.05) is 13.1 Å². The number of alkyl carbamates (subject to hydrolysis) is 1. The number of likely N-dealkylation sites (tertiary alicyclic amines) is 1. The van der Waals surface area contributed by atoms with Crippen LogP contribution in [-0.2, 0) is 15.9 Å². The third-order valence-corrected chi connectivity index (χ3v) is 9.24. The van der Waals surface area contributed by atoms with E-state index >= 15 is 0 Å². The van der Waals surface area contributed by atoms with Crippen LogP contribution in [-0.4, -0.2) is 61.3 Å². The van der Waals surface area contributed by atoms with Gasteiger partial charge in [0.2, 0.25) is 0 Å². The van der Waals surface area contributed by atoms with Gasteiger partial charge in [0.1, 0.15) is 22.9 Å². The Labute approximate surface area is 304 Å². The van der Waals surface area contributed by atoms with E-state index in [2.05, 4.69) is 82.0 Å². The van der Waals surface area contributed by atoms with Crippen molar-refractivity contribution in [3.8, 4) is 22.3 Å². The Morgan fingerprint density at radius 1 is 0.750 bits per heavy atom. The maximum Gasteiger partial charge on any atom is 0.410 e.